The summed E-state index contributed by atoms with van der Waals surface area (Å²) in [5.41, 5.74) is 0.774. The molecule has 0 amide bonds. The van der Waals surface area contributed by atoms with Crippen LogP contribution in [-0.4, -0.2) is 10.3 Å². The topological polar surface area (TPSA) is 71.0 Å². The van der Waals surface area contributed by atoms with Crippen LogP contribution in [0.5, 0.6) is 0 Å². The Labute approximate surface area is 104 Å². The molecule has 1 fully saturated rings. The van der Waals surface area contributed by atoms with Gasteiger partial charge in [-0.3, -0.25) is 4.79 Å². The predicted molar refractivity (Wildman–Crippen MR) is 67.3 cm³/mol. The molecule has 0 saturated heterocycles. The van der Waals surface area contributed by atoms with Gasteiger partial charge in [0.05, 0.1) is 11.5 Å². The summed E-state index contributed by atoms with van der Waals surface area (Å²) in [6.07, 6.45) is 2.80. The Morgan fingerprint density at radius 2 is 2.28 bits per heavy atom. The van der Waals surface area contributed by atoms with Crippen molar-refractivity contribution in [2.45, 2.75) is 24.8 Å². The van der Waals surface area contributed by atoms with Gasteiger partial charge in [-0.25, -0.2) is 0 Å². The second kappa shape index (κ2) is 3.64. The summed E-state index contributed by atoms with van der Waals surface area (Å²) in [5, 5.41) is 13.0. The van der Waals surface area contributed by atoms with E-state index in [1.54, 1.807) is 19.2 Å². The van der Waals surface area contributed by atoms with Crippen molar-refractivity contribution in [2.75, 3.05) is 5.32 Å². The number of hydrogen-bond acceptors (Lipinski definition) is 4. The molecule has 1 N–H and O–H groups in total. The van der Waals surface area contributed by atoms with E-state index in [1.807, 2.05) is 6.07 Å². The van der Waals surface area contributed by atoms with Crippen molar-refractivity contribution >= 4 is 16.7 Å². The Balaban J connectivity index is 1.99. The van der Waals surface area contributed by atoms with E-state index in [4.69, 9.17) is 9.78 Å². The van der Waals surface area contributed by atoms with E-state index in [-0.39, 0.29) is 5.56 Å². The molecule has 5 heteroatoms. The molecular weight excluding hydrogens is 230 g/mol. The molecule has 1 saturated carbocycles. The molecule has 1 aliphatic rings. The average Bonchev–Trinajstić information content (AvgIpc) is 2.60. The zero-order chi connectivity index (χ0) is 12.8. The van der Waals surface area contributed by atoms with E-state index < -0.39 is 5.54 Å². The molecule has 0 unspecified atom stereocenters. The largest absolute Gasteiger partial charge is 0.376 e. The number of aromatic nitrogens is 1. The zero-order valence-electron chi connectivity index (χ0n) is 10.1. The molecule has 0 aliphatic heterocycles. The SMILES string of the molecule is Cn1oc2cc(NC3(C#N)CCC3)ccc2c1=O. The number of benzene rings is 1. The third-order valence-electron chi connectivity index (χ3n) is 3.54. The zero-order valence-corrected chi connectivity index (χ0v) is 10.1. The average molecular weight is 243 g/mol. The first-order valence-corrected chi connectivity index (χ1v) is 5.93. The van der Waals surface area contributed by atoms with E-state index in [9.17, 15) is 4.79 Å². The van der Waals surface area contributed by atoms with Crippen LogP contribution in [0.4, 0.5) is 5.69 Å². The first-order valence-electron chi connectivity index (χ1n) is 5.93. The number of nitriles is 1. The Kier molecular flexibility index (Phi) is 2.20. The monoisotopic (exact) mass is 243 g/mol. The number of rotatable bonds is 2. The molecule has 1 aliphatic carbocycles. The van der Waals surface area contributed by atoms with Crippen LogP contribution in [0.25, 0.3) is 11.0 Å². The van der Waals surface area contributed by atoms with Crippen LogP contribution in [0.3, 0.4) is 0 Å². The van der Waals surface area contributed by atoms with Gasteiger partial charge in [-0.2, -0.15) is 10.0 Å². The van der Waals surface area contributed by atoms with Gasteiger partial charge in [-0.1, -0.05) is 0 Å². The fraction of sp³-hybridized carbons (Fsp3) is 0.385. The lowest BCUT2D eigenvalue weighted by atomic mass is 9.78. The summed E-state index contributed by atoms with van der Waals surface area (Å²) in [4.78, 5) is 11.6. The summed E-state index contributed by atoms with van der Waals surface area (Å²) in [6.45, 7) is 0. The normalized spacial score (nSPS) is 17.1. The van der Waals surface area contributed by atoms with Crippen molar-refractivity contribution in [3.8, 4) is 6.07 Å². The molecule has 5 nitrogen and oxygen atoms in total. The Bertz CT molecular complexity index is 701. The lowest BCUT2D eigenvalue weighted by molar-refractivity contribution is 0.323. The van der Waals surface area contributed by atoms with Crippen molar-refractivity contribution in [1.29, 1.82) is 5.26 Å². The molecule has 3 rings (SSSR count). The Morgan fingerprint density at radius 1 is 1.50 bits per heavy atom. The van der Waals surface area contributed by atoms with E-state index in [2.05, 4.69) is 11.4 Å². The Hall–Kier alpha value is -2.22. The summed E-state index contributed by atoms with van der Waals surface area (Å²) >= 11 is 0. The molecule has 1 aromatic heterocycles. The lowest BCUT2D eigenvalue weighted by Gasteiger charge is -2.36. The molecule has 0 bridgehead atoms. The maximum absolute atomic E-state index is 11.6. The fourth-order valence-corrected chi connectivity index (χ4v) is 2.28. The van der Waals surface area contributed by atoms with Gasteiger partial charge in [-0.15, -0.1) is 0 Å². The number of aryl methyl sites for hydroxylation is 1. The van der Waals surface area contributed by atoms with E-state index in [1.165, 1.54) is 4.74 Å². The molecule has 18 heavy (non-hydrogen) atoms. The second-order valence-corrected chi connectivity index (χ2v) is 4.78. The van der Waals surface area contributed by atoms with Crippen molar-refractivity contribution in [2.24, 2.45) is 7.05 Å². The van der Waals surface area contributed by atoms with Gasteiger partial charge in [0, 0.05) is 18.8 Å². The smallest absolute Gasteiger partial charge is 0.290 e. The van der Waals surface area contributed by atoms with Crippen LogP contribution in [0.15, 0.2) is 27.5 Å². The van der Waals surface area contributed by atoms with Crippen LogP contribution in [0, 0.1) is 11.3 Å². The highest BCUT2D eigenvalue weighted by molar-refractivity contribution is 5.80. The van der Waals surface area contributed by atoms with Crippen molar-refractivity contribution in [1.82, 2.24) is 4.74 Å². The molecule has 2 aromatic rings. The van der Waals surface area contributed by atoms with Crippen LogP contribution >= 0.6 is 0 Å². The molecule has 0 radical (unpaired) electrons. The van der Waals surface area contributed by atoms with E-state index in [0.717, 1.165) is 24.9 Å². The minimum absolute atomic E-state index is 0.143. The van der Waals surface area contributed by atoms with E-state index >= 15 is 0 Å². The van der Waals surface area contributed by atoms with E-state index in [0.29, 0.717) is 11.0 Å². The standard InChI is InChI=1S/C13H13N3O2/c1-16-12(17)10-4-3-9(7-11(10)18-16)15-13(8-14)5-2-6-13/h3-4,7,15H,2,5-6H2,1H3. The first-order chi connectivity index (χ1) is 8.63. The van der Waals surface area contributed by atoms with Gasteiger partial charge in [-0.05, 0) is 31.4 Å². The molecule has 0 atom stereocenters. The van der Waals surface area contributed by atoms with Crippen LogP contribution in [0.1, 0.15) is 19.3 Å². The van der Waals surface area contributed by atoms with Crippen LogP contribution in [0.2, 0.25) is 0 Å². The molecule has 92 valence electrons. The van der Waals surface area contributed by atoms with Crippen molar-refractivity contribution in [3.05, 3.63) is 28.6 Å². The highest BCUT2D eigenvalue weighted by atomic mass is 16.5. The first kappa shape index (κ1) is 10.9. The number of hydrogen-bond donors (Lipinski definition) is 1. The maximum atomic E-state index is 11.6. The predicted octanol–water partition coefficient (Wildman–Crippen LogP) is 1.99. The van der Waals surface area contributed by atoms with Gasteiger partial charge in [0.1, 0.15) is 5.54 Å². The van der Waals surface area contributed by atoms with Crippen molar-refractivity contribution < 1.29 is 4.52 Å². The molecular formula is C13H13N3O2. The number of anilines is 1. The van der Waals surface area contributed by atoms with Gasteiger partial charge >= 0.3 is 0 Å². The van der Waals surface area contributed by atoms with Gasteiger partial charge in [0.25, 0.3) is 5.56 Å². The Morgan fingerprint density at radius 3 is 2.89 bits per heavy atom. The fourth-order valence-electron chi connectivity index (χ4n) is 2.28. The third kappa shape index (κ3) is 1.50. The highest BCUT2D eigenvalue weighted by Crippen LogP contribution is 2.35. The quantitative estimate of drug-likeness (QED) is 0.875. The van der Waals surface area contributed by atoms with Gasteiger partial charge in [0.15, 0.2) is 5.58 Å². The third-order valence-corrected chi connectivity index (χ3v) is 3.54. The number of nitrogens with one attached hydrogen (secondary N) is 1. The molecule has 0 spiro atoms. The highest BCUT2D eigenvalue weighted by Gasteiger charge is 2.37. The minimum atomic E-state index is -0.442. The number of nitrogens with zero attached hydrogens (tertiary/aromatic N) is 2. The lowest BCUT2D eigenvalue weighted by Crippen LogP contribution is -2.43. The number of fused-ring (bicyclic) bond motifs is 1. The van der Waals surface area contributed by atoms with Gasteiger partial charge < -0.3 is 9.84 Å². The molecule has 1 aromatic carbocycles. The summed E-state index contributed by atoms with van der Waals surface area (Å²) in [7, 11) is 1.58. The van der Waals surface area contributed by atoms with Crippen LogP contribution in [-0.2, 0) is 7.05 Å². The summed E-state index contributed by atoms with van der Waals surface area (Å²) in [6, 6.07) is 7.64. The summed E-state index contributed by atoms with van der Waals surface area (Å²) < 4.78 is 6.53. The maximum Gasteiger partial charge on any atom is 0.290 e. The molecule has 1 heterocycles. The van der Waals surface area contributed by atoms with Gasteiger partial charge in [0.2, 0.25) is 0 Å². The van der Waals surface area contributed by atoms with Crippen molar-refractivity contribution in [3.63, 3.8) is 0 Å². The van der Waals surface area contributed by atoms with Crippen LogP contribution < -0.4 is 10.9 Å². The second-order valence-electron chi connectivity index (χ2n) is 4.78. The minimum Gasteiger partial charge on any atom is -0.376 e. The summed E-state index contributed by atoms with van der Waals surface area (Å²) in [5.74, 6) is 0.